The molecule has 0 radical (unpaired) electrons. The Balaban J connectivity index is 2.31. The van der Waals surface area contributed by atoms with Crippen molar-refractivity contribution < 1.29 is 4.79 Å². The van der Waals surface area contributed by atoms with Gasteiger partial charge in [-0.05, 0) is 25.7 Å². The molecule has 0 saturated carbocycles. The highest BCUT2D eigenvalue weighted by Crippen LogP contribution is 2.15. The van der Waals surface area contributed by atoms with Crippen molar-refractivity contribution in [3.8, 4) is 12.3 Å². The number of amides is 2. The number of urea groups is 1. The summed E-state index contributed by atoms with van der Waals surface area (Å²) in [5.41, 5.74) is 0. The Kier molecular flexibility index (Phi) is 4.48. The lowest BCUT2D eigenvalue weighted by atomic mass is 10.00. The lowest BCUT2D eigenvalue weighted by molar-refractivity contribution is 0.171. The van der Waals surface area contributed by atoms with E-state index in [1.165, 1.54) is 0 Å². The third kappa shape index (κ3) is 3.83. The second-order valence-corrected chi connectivity index (χ2v) is 4.43. The van der Waals surface area contributed by atoms with E-state index in [1.807, 2.05) is 11.8 Å². The summed E-state index contributed by atoms with van der Waals surface area (Å²) < 4.78 is 0. The Morgan fingerprint density at radius 3 is 2.73 bits per heavy atom. The first-order valence-electron chi connectivity index (χ1n) is 5.62. The van der Waals surface area contributed by atoms with Gasteiger partial charge < -0.3 is 10.2 Å². The van der Waals surface area contributed by atoms with Gasteiger partial charge in [0.05, 0.1) is 0 Å². The number of carbonyl (C=O) groups is 1. The van der Waals surface area contributed by atoms with Crippen LogP contribution in [0.25, 0.3) is 0 Å². The van der Waals surface area contributed by atoms with Crippen molar-refractivity contribution in [2.45, 2.75) is 39.2 Å². The van der Waals surface area contributed by atoms with Crippen molar-refractivity contribution >= 4 is 6.03 Å². The summed E-state index contributed by atoms with van der Waals surface area (Å²) in [5, 5.41) is 2.91. The molecule has 1 unspecified atom stereocenters. The van der Waals surface area contributed by atoms with E-state index < -0.39 is 0 Å². The summed E-state index contributed by atoms with van der Waals surface area (Å²) in [6, 6.07) is 0.103. The van der Waals surface area contributed by atoms with Crippen LogP contribution in [-0.4, -0.2) is 30.1 Å². The van der Waals surface area contributed by atoms with Gasteiger partial charge in [0.15, 0.2) is 0 Å². The molecule has 0 aromatic heterocycles. The number of hydrogen-bond donors (Lipinski definition) is 1. The quantitative estimate of drug-likeness (QED) is 0.690. The first-order chi connectivity index (χ1) is 7.13. The number of hydrogen-bond acceptors (Lipinski definition) is 1. The Morgan fingerprint density at radius 2 is 2.20 bits per heavy atom. The van der Waals surface area contributed by atoms with Crippen molar-refractivity contribution in [1.29, 1.82) is 0 Å². The van der Waals surface area contributed by atoms with Crippen molar-refractivity contribution in [2.24, 2.45) is 5.92 Å². The maximum absolute atomic E-state index is 11.7. The maximum atomic E-state index is 11.7. The van der Waals surface area contributed by atoms with Crippen LogP contribution >= 0.6 is 0 Å². The van der Waals surface area contributed by atoms with Crippen LogP contribution in [0.5, 0.6) is 0 Å². The molecule has 1 aliphatic heterocycles. The van der Waals surface area contributed by atoms with Gasteiger partial charge in [-0.15, -0.1) is 12.3 Å². The van der Waals surface area contributed by atoms with Gasteiger partial charge in [0, 0.05) is 25.6 Å². The van der Waals surface area contributed by atoms with Gasteiger partial charge in [0.25, 0.3) is 0 Å². The highest BCUT2D eigenvalue weighted by Gasteiger charge is 2.20. The fraction of sp³-hybridized carbons (Fsp3) is 0.750. The smallest absolute Gasteiger partial charge is 0.317 e. The first kappa shape index (κ1) is 11.9. The van der Waals surface area contributed by atoms with Crippen LogP contribution in [-0.2, 0) is 0 Å². The molecule has 1 rings (SSSR count). The molecular weight excluding hydrogens is 188 g/mol. The first-order valence-corrected chi connectivity index (χ1v) is 5.62. The predicted octanol–water partition coefficient (Wildman–Crippen LogP) is 1.84. The summed E-state index contributed by atoms with van der Waals surface area (Å²) in [4.78, 5) is 13.6. The van der Waals surface area contributed by atoms with Gasteiger partial charge in [-0.1, -0.05) is 6.92 Å². The molecule has 3 heteroatoms. The number of terminal acetylenes is 1. The fourth-order valence-corrected chi connectivity index (χ4v) is 1.74. The molecule has 0 aliphatic carbocycles. The van der Waals surface area contributed by atoms with Gasteiger partial charge in [-0.3, -0.25) is 0 Å². The second-order valence-electron chi connectivity index (χ2n) is 4.43. The summed E-state index contributed by atoms with van der Waals surface area (Å²) in [5.74, 6) is 3.30. The minimum Gasteiger partial charge on any atom is -0.335 e. The highest BCUT2D eigenvalue weighted by molar-refractivity contribution is 5.74. The van der Waals surface area contributed by atoms with E-state index >= 15 is 0 Å². The zero-order valence-corrected chi connectivity index (χ0v) is 9.62. The van der Waals surface area contributed by atoms with E-state index in [0.717, 1.165) is 31.8 Å². The number of piperidine rings is 1. The minimum absolute atomic E-state index is 0.0321. The maximum Gasteiger partial charge on any atom is 0.317 e. The fourth-order valence-electron chi connectivity index (χ4n) is 1.74. The summed E-state index contributed by atoms with van der Waals surface area (Å²) in [6.45, 7) is 5.91. The van der Waals surface area contributed by atoms with Crippen molar-refractivity contribution in [1.82, 2.24) is 10.2 Å². The van der Waals surface area contributed by atoms with Gasteiger partial charge in [-0.2, -0.15) is 0 Å². The van der Waals surface area contributed by atoms with E-state index in [4.69, 9.17) is 6.42 Å². The monoisotopic (exact) mass is 208 g/mol. The Labute approximate surface area is 92.2 Å². The minimum atomic E-state index is 0.0321. The van der Waals surface area contributed by atoms with Crippen LogP contribution in [0, 0.1) is 18.3 Å². The number of rotatable bonds is 2. The van der Waals surface area contributed by atoms with Crippen molar-refractivity contribution in [3.05, 3.63) is 0 Å². The molecule has 1 atom stereocenters. The normalized spacial score (nSPS) is 19.4. The number of likely N-dealkylation sites (tertiary alicyclic amines) is 1. The molecule has 1 fully saturated rings. The molecule has 0 spiro atoms. The average Bonchev–Trinajstić information content (AvgIpc) is 2.18. The summed E-state index contributed by atoms with van der Waals surface area (Å²) >= 11 is 0. The Bertz CT molecular complexity index is 249. The van der Waals surface area contributed by atoms with Gasteiger partial charge >= 0.3 is 6.03 Å². The van der Waals surface area contributed by atoms with Crippen LogP contribution in [0.3, 0.4) is 0 Å². The summed E-state index contributed by atoms with van der Waals surface area (Å²) in [7, 11) is 0. The van der Waals surface area contributed by atoms with Crippen LogP contribution in [0.15, 0.2) is 0 Å². The molecule has 1 saturated heterocycles. The van der Waals surface area contributed by atoms with E-state index in [2.05, 4.69) is 18.2 Å². The van der Waals surface area contributed by atoms with E-state index in [-0.39, 0.29) is 12.1 Å². The second kappa shape index (κ2) is 5.65. The number of nitrogens with one attached hydrogen (secondary N) is 1. The third-order valence-electron chi connectivity index (χ3n) is 2.86. The number of nitrogens with zero attached hydrogens (tertiary/aromatic N) is 1. The lowest BCUT2D eigenvalue weighted by Crippen LogP contribution is -2.46. The summed E-state index contributed by atoms with van der Waals surface area (Å²) in [6.07, 6.45) is 8.00. The van der Waals surface area contributed by atoms with Crippen LogP contribution in [0.1, 0.15) is 33.1 Å². The van der Waals surface area contributed by atoms with Gasteiger partial charge in [0.2, 0.25) is 0 Å². The molecule has 84 valence electrons. The molecule has 1 N–H and O–H groups in total. The standard InChI is InChI=1S/C12H20N2O/c1-4-5-11(3)13-12(15)14-8-6-10(2)7-9-14/h1,10-11H,5-9H2,2-3H3,(H,13,15). The Hall–Kier alpha value is -1.17. The Morgan fingerprint density at radius 1 is 1.60 bits per heavy atom. The average molecular weight is 208 g/mol. The molecular formula is C12H20N2O. The molecule has 15 heavy (non-hydrogen) atoms. The molecule has 1 heterocycles. The zero-order valence-electron chi connectivity index (χ0n) is 9.62. The van der Waals surface area contributed by atoms with E-state index in [9.17, 15) is 4.79 Å². The largest absolute Gasteiger partial charge is 0.335 e. The number of carbonyl (C=O) groups excluding carboxylic acids is 1. The van der Waals surface area contributed by atoms with Crippen molar-refractivity contribution in [3.63, 3.8) is 0 Å². The van der Waals surface area contributed by atoms with E-state index in [1.54, 1.807) is 0 Å². The van der Waals surface area contributed by atoms with Gasteiger partial charge in [0.1, 0.15) is 0 Å². The van der Waals surface area contributed by atoms with Crippen LogP contribution in [0.2, 0.25) is 0 Å². The molecule has 0 aromatic carbocycles. The SMILES string of the molecule is C#CCC(C)NC(=O)N1CCC(C)CC1. The van der Waals surface area contributed by atoms with Crippen LogP contribution in [0.4, 0.5) is 4.79 Å². The topological polar surface area (TPSA) is 32.3 Å². The molecule has 2 amide bonds. The zero-order chi connectivity index (χ0) is 11.3. The molecule has 1 aliphatic rings. The van der Waals surface area contributed by atoms with Gasteiger partial charge in [-0.25, -0.2) is 4.79 Å². The lowest BCUT2D eigenvalue weighted by Gasteiger charge is -2.31. The van der Waals surface area contributed by atoms with Crippen LogP contribution < -0.4 is 5.32 Å². The highest BCUT2D eigenvalue weighted by atomic mass is 16.2. The third-order valence-corrected chi connectivity index (χ3v) is 2.86. The molecule has 0 bridgehead atoms. The predicted molar refractivity (Wildman–Crippen MR) is 61.4 cm³/mol. The van der Waals surface area contributed by atoms with Crippen molar-refractivity contribution in [2.75, 3.05) is 13.1 Å². The van der Waals surface area contributed by atoms with E-state index in [0.29, 0.717) is 6.42 Å². The molecule has 3 nitrogen and oxygen atoms in total. The molecule has 0 aromatic rings.